The lowest BCUT2D eigenvalue weighted by Gasteiger charge is -2.20. The van der Waals surface area contributed by atoms with Crippen molar-refractivity contribution in [2.45, 2.75) is 37.2 Å². The maximum atomic E-state index is 12.9. The zero-order chi connectivity index (χ0) is 15.2. The number of rotatable bonds is 6. The lowest BCUT2D eigenvalue weighted by molar-refractivity contribution is 0.477. The highest BCUT2D eigenvalue weighted by molar-refractivity contribution is 7.98. The highest BCUT2D eigenvalue weighted by Crippen LogP contribution is 2.19. The summed E-state index contributed by atoms with van der Waals surface area (Å²) >= 11 is 1.76. The molecule has 2 aromatic rings. The molecule has 0 heterocycles. The molecule has 1 nitrogen and oxygen atoms in total. The van der Waals surface area contributed by atoms with Gasteiger partial charge in [-0.05, 0) is 61.9 Å². The zero-order valence-corrected chi connectivity index (χ0v) is 13.6. The molecule has 0 spiro atoms. The van der Waals surface area contributed by atoms with Gasteiger partial charge in [-0.15, -0.1) is 11.8 Å². The first kappa shape index (κ1) is 16.1. The minimum absolute atomic E-state index is 0.179. The maximum absolute atomic E-state index is 12.9. The van der Waals surface area contributed by atoms with E-state index in [9.17, 15) is 4.39 Å². The Labute approximate surface area is 131 Å². The minimum atomic E-state index is -0.179. The standard InChI is InChI=1S/C18H22FNS/c1-13(12-15-4-8-17(19)9-5-15)20-14(2)16-6-10-18(21-3)11-7-16/h4-11,13-14,20H,12H2,1-3H3. The summed E-state index contributed by atoms with van der Waals surface area (Å²) in [6.45, 7) is 4.34. The van der Waals surface area contributed by atoms with E-state index in [1.54, 1.807) is 11.8 Å². The number of thioether (sulfide) groups is 1. The van der Waals surface area contributed by atoms with Crippen LogP contribution in [0.4, 0.5) is 4.39 Å². The van der Waals surface area contributed by atoms with Gasteiger partial charge in [0.2, 0.25) is 0 Å². The molecule has 0 amide bonds. The monoisotopic (exact) mass is 303 g/mol. The van der Waals surface area contributed by atoms with Crippen LogP contribution in [0.25, 0.3) is 0 Å². The number of benzene rings is 2. The Morgan fingerprint density at radius 3 is 2.19 bits per heavy atom. The first-order valence-electron chi connectivity index (χ1n) is 7.23. The number of nitrogens with one attached hydrogen (secondary N) is 1. The van der Waals surface area contributed by atoms with E-state index >= 15 is 0 Å². The molecule has 112 valence electrons. The fourth-order valence-corrected chi connectivity index (χ4v) is 2.86. The van der Waals surface area contributed by atoms with Gasteiger partial charge in [-0.2, -0.15) is 0 Å². The van der Waals surface area contributed by atoms with Gasteiger partial charge < -0.3 is 5.32 Å². The molecule has 0 aliphatic rings. The van der Waals surface area contributed by atoms with Gasteiger partial charge in [0, 0.05) is 17.0 Å². The van der Waals surface area contributed by atoms with Crippen molar-refractivity contribution in [1.29, 1.82) is 0 Å². The van der Waals surface area contributed by atoms with Crippen molar-refractivity contribution in [3.63, 3.8) is 0 Å². The van der Waals surface area contributed by atoms with Gasteiger partial charge in [0.25, 0.3) is 0 Å². The van der Waals surface area contributed by atoms with Crippen LogP contribution in [0.2, 0.25) is 0 Å². The SMILES string of the molecule is CSc1ccc(C(C)NC(C)Cc2ccc(F)cc2)cc1. The molecule has 3 heteroatoms. The minimum Gasteiger partial charge on any atom is -0.307 e. The maximum Gasteiger partial charge on any atom is 0.123 e. The topological polar surface area (TPSA) is 12.0 Å². The summed E-state index contributed by atoms with van der Waals surface area (Å²) in [6.07, 6.45) is 2.98. The van der Waals surface area contributed by atoms with Crippen LogP contribution < -0.4 is 5.32 Å². The van der Waals surface area contributed by atoms with Crippen LogP contribution in [0.5, 0.6) is 0 Å². The second-order valence-corrected chi connectivity index (χ2v) is 6.27. The summed E-state index contributed by atoms with van der Waals surface area (Å²) in [5.41, 5.74) is 2.44. The van der Waals surface area contributed by atoms with E-state index in [0.717, 1.165) is 12.0 Å². The third-order valence-electron chi connectivity index (χ3n) is 3.61. The first-order valence-corrected chi connectivity index (χ1v) is 8.45. The molecular formula is C18H22FNS. The second-order valence-electron chi connectivity index (χ2n) is 5.39. The van der Waals surface area contributed by atoms with Gasteiger partial charge in [-0.3, -0.25) is 0 Å². The Hall–Kier alpha value is -1.32. The van der Waals surface area contributed by atoms with Crippen molar-refractivity contribution in [3.05, 3.63) is 65.5 Å². The van der Waals surface area contributed by atoms with E-state index in [-0.39, 0.29) is 5.82 Å². The molecule has 0 fully saturated rings. The summed E-state index contributed by atoms with van der Waals surface area (Å²) in [4.78, 5) is 1.28. The van der Waals surface area contributed by atoms with Crippen LogP contribution in [0.3, 0.4) is 0 Å². The predicted molar refractivity (Wildman–Crippen MR) is 89.3 cm³/mol. The molecule has 2 atom stereocenters. The number of hydrogen-bond acceptors (Lipinski definition) is 2. The third-order valence-corrected chi connectivity index (χ3v) is 4.35. The molecular weight excluding hydrogens is 281 g/mol. The predicted octanol–water partition coefficient (Wildman–Crippen LogP) is 4.83. The summed E-state index contributed by atoms with van der Waals surface area (Å²) in [5.74, 6) is -0.179. The second kappa shape index (κ2) is 7.62. The highest BCUT2D eigenvalue weighted by Gasteiger charge is 2.10. The normalized spacial score (nSPS) is 13.9. The number of halogens is 1. The van der Waals surface area contributed by atoms with Crippen LogP contribution in [0, 0.1) is 5.82 Å². The fraction of sp³-hybridized carbons (Fsp3) is 0.333. The summed E-state index contributed by atoms with van der Waals surface area (Å²) in [6, 6.07) is 16.0. The van der Waals surface area contributed by atoms with Gasteiger partial charge in [0.05, 0.1) is 0 Å². The largest absolute Gasteiger partial charge is 0.307 e. The lowest BCUT2D eigenvalue weighted by Crippen LogP contribution is -2.30. The lowest BCUT2D eigenvalue weighted by atomic mass is 10.0. The van der Waals surface area contributed by atoms with E-state index in [0.29, 0.717) is 12.1 Å². The Kier molecular flexibility index (Phi) is 5.83. The van der Waals surface area contributed by atoms with Crippen molar-refractivity contribution in [3.8, 4) is 0 Å². The first-order chi connectivity index (χ1) is 10.1. The summed E-state index contributed by atoms with van der Waals surface area (Å²) in [5, 5.41) is 3.60. The molecule has 2 unspecified atom stereocenters. The molecule has 0 aliphatic carbocycles. The van der Waals surface area contributed by atoms with Crippen LogP contribution in [-0.2, 0) is 6.42 Å². The molecule has 0 aromatic heterocycles. The Bertz CT molecular complexity index is 550. The fourth-order valence-electron chi connectivity index (χ4n) is 2.45. The molecule has 21 heavy (non-hydrogen) atoms. The molecule has 0 bridgehead atoms. The number of hydrogen-bond donors (Lipinski definition) is 1. The van der Waals surface area contributed by atoms with E-state index in [1.807, 2.05) is 12.1 Å². The van der Waals surface area contributed by atoms with Crippen molar-refractivity contribution in [2.24, 2.45) is 0 Å². The molecule has 1 N–H and O–H groups in total. The molecule has 0 radical (unpaired) electrons. The van der Waals surface area contributed by atoms with Gasteiger partial charge in [-0.25, -0.2) is 4.39 Å². The van der Waals surface area contributed by atoms with Gasteiger partial charge in [0.1, 0.15) is 5.82 Å². The average molecular weight is 303 g/mol. The third kappa shape index (κ3) is 4.87. The van der Waals surface area contributed by atoms with Crippen LogP contribution in [0.15, 0.2) is 53.4 Å². The smallest absolute Gasteiger partial charge is 0.123 e. The Morgan fingerprint density at radius 2 is 1.62 bits per heavy atom. The average Bonchev–Trinajstić information content (AvgIpc) is 2.49. The van der Waals surface area contributed by atoms with Gasteiger partial charge in [0.15, 0.2) is 0 Å². The Balaban J connectivity index is 1.91. The van der Waals surface area contributed by atoms with Crippen molar-refractivity contribution in [1.82, 2.24) is 5.32 Å². The summed E-state index contributed by atoms with van der Waals surface area (Å²) < 4.78 is 12.9. The van der Waals surface area contributed by atoms with Crippen LogP contribution in [0.1, 0.15) is 31.0 Å². The van der Waals surface area contributed by atoms with Crippen molar-refractivity contribution >= 4 is 11.8 Å². The van der Waals surface area contributed by atoms with Crippen molar-refractivity contribution < 1.29 is 4.39 Å². The van der Waals surface area contributed by atoms with E-state index < -0.39 is 0 Å². The van der Waals surface area contributed by atoms with E-state index in [1.165, 1.54) is 22.6 Å². The van der Waals surface area contributed by atoms with Crippen LogP contribution in [-0.4, -0.2) is 12.3 Å². The molecule has 0 saturated heterocycles. The highest BCUT2D eigenvalue weighted by atomic mass is 32.2. The van der Waals surface area contributed by atoms with Gasteiger partial charge >= 0.3 is 0 Å². The summed E-state index contributed by atoms with van der Waals surface area (Å²) in [7, 11) is 0. The van der Waals surface area contributed by atoms with E-state index in [2.05, 4.69) is 49.7 Å². The quantitative estimate of drug-likeness (QED) is 0.767. The molecule has 2 aromatic carbocycles. The van der Waals surface area contributed by atoms with E-state index in [4.69, 9.17) is 0 Å². The molecule has 0 saturated carbocycles. The van der Waals surface area contributed by atoms with Gasteiger partial charge in [-0.1, -0.05) is 24.3 Å². The molecule has 0 aliphatic heterocycles. The Morgan fingerprint density at radius 1 is 1.00 bits per heavy atom. The van der Waals surface area contributed by atoms with Crippen molar-refractivity contribution in [2.75, 3.05) is 6.26 Å². The van der Waals surface area contributed by atoms with Crippen LogP contribution >= 0.6 is 11.8 Å². The molecule has 2 rings (SSSR count). The zero-order valence-electron chi connectivity index (χ0n) is 12.8.